The Bertz CT molecular complexity index is 796. The van der Waals surface area contributed by atoms with E-state index in [-0.39, 0.29) is 23.6 Å². The summed E-state index contributed by atoms with van der Waals surface area (Å²) in [6.07, 6.45) is 3.93. The molecular formula is C17H16O4. The van der Waals surface area contributed by atoms with Crippen LogP contribution in [-0.4, -0.2) is 6.79 Å². The number of benzene rings is 1. The maximum Gasteiger partial charge on any atom is 0.234 e. The largest absolute Gasteiger partial charge is 0.454 e. The van der Waals surface area contributed by atoms with Crippen LogP contribution in [0, 0.1) is 0 Å². The number of ether oxygens (including phenoxy) is 2. The van der Waals surface area contributed by atoms with Crippen LogP contribution in [0.2, 0.25) is 0 Å². The summed E-state index contributed by atoms with van der Waals surface area (Å²) in [6, 6.07) is 3.82. The second kappa shape index (κ2) is 4.45. The van der Waals surface area contributed by atoms with E-state index in [4.69, 9.17) is 9.47 Å². The van der Waals surface area contributed by atoms with E-state index >= 15 is 0 Å². The Morgan fingerprint density at radius 1 is 1.14 bits per heavy atom. The molecule has 0 fully saturated rings. The van der Waals surface area contributed by atoms with Crippen molar-refractivity contribution in [3.8, 4) is 22.6 Å². The van der Waals surface area contributed by atoms with Crippen molar-refractivity contribution < 1.29 is 9.47 Å². The Balaban J connectivity index is 1.85. The molecule has 0 saturated carbocycles. The standard InChI is InChI=1S/C17H16O4/c1-2-3-4-9-5-10-6-12-13(21-8-20-12)7-11(10)15-14(9)16(18)17(15)19/h6-7,9H,2-5,8H2,1H3. The van der Waals surface area contributed by atoms with Crippen molar-refractivity contribution in [1.82, 2.24) is 0 Å². The molecule has 2 aromatic carbocycles. The molecule has 2 aromatic rings. The van der Waals surface area contributed by atoms with Gasteiger partial charge in [0.15, 0.2) is 11.5 Å². The van der Waals surface area contributed by atoms with Crippen LogP contribution in [-0.2, 0) is 6.42 Å². The van der Waals surface area contributed by atoms with E-state index in [9.17, 15) is 9.59 Å². The molecule has 0 aromatic heterocycles. The summed E-state index contributed by atoms with van der Waals surface area (Å²) in [7, 11) is 0. The van der Waals surface area contributed by atoms with E-state index in [1.165, 1.54) is 0 Å². The predicted molar refractivity (Wildman–Crippen MR) is 78.9 cm³/mol. The van der Waals surface area contributed by atoms with E-state index in [1.54, 1.807) is 0 Å². The van der Waals surface area contributed by atoms with Gasteiger partial charge >= 0.3 is 0 Å². The average molecular weight is 284 g/mol. The SMILES string of the molecule is CCCCC1Cc2cc3c(cc2-c2c1c(=O)c2=O)OCO3. The first-order chi connectivity index (χ1) is 10.2. The number of hydrogen-bond donors (Lipinski definition) is 0. The molecule has 0 amide bonds. The Labute approximate surface area is 122 Å². The van der Waals surface area contributed by atoms with Crippen molar-refractivity contribution in [1.29, 1.82) is 0 Å². The van der Waals surface area contributed by atoms with Crippen molar-refractivity contribution in [3.63, 3.8) is 0 Å². The van der Waals surface area contributed by atoms with Crippen molar-refractivity contribution in [2.75, 3.05) is 6.79 Å². The highest BCUT2D eigenvalue weighted by Crippen LogP contribution is 2.45. The summed E-state index contributed by atoms with van der Waals surface area (Å²) in [5.41, 5.74) is 2.72. The van der Waals surface area contributed by atoms with Crippen molar-refractivity contribution in [2.24, 2.45) is 0 Å². The van der Waals surface area contributed by atoms with Gasteiger partial charge in [0.1, 0.15) is 0 Å². The Hall–Kier alpha value is -2.10. The van der Waals surface area contributed by atoms with Gasteiger partial charge in [0.05, 0.1) is 0 Å². The fourth-order valence-electron chi connectivity index (χ4n) is 3.52. The van der Waals surface area contributed by atoms with Gasteiger partial charge in [-0.2, -0.15) is 0 Å². The van der Waals surface area contributed by atoms with Gasteiger partial charge in [0, 0.05) is 11.1 Å². The summed E-state index contributed by atoms with van der Waals surface area (Å²) >= 11 is 0. The van der Waals surface area contributed by atoms with Gasteiger partial charge in [-0.1, -0.05) is 19.8 Å². The lowest BCUT2D eigenvalue weighted by Gasteiger charge is -2.28. The van der Waals surface area contributed by atoms with Crippen LogP contribution in [0.3, 0.4) is 0 Å². The maximum absolute atomic E-state index is 12.0. The molecule has 0 radical (unpaired) electrons. The minimum atomic E-state index is -0.341. The van der Waals surface area contributed by atoms with Gasteiger partial charge in [-0.3, -0.25) is 9.59 Å². The smallest absolute Gasteiger partial charge is 0.234 e. The highest BCUT2D eigenvalue weighted by molar-refractivity contribution is 5.79. The van der Waals surface area contributed by atoms with Crippen LogP contribution in [0.1, 0.15) is 43.2 Å². The molecule has 108 valence electrons. The van der Waals surface area contributed by atoms with E-state index < -0.39 is 0 Å². The summed E-state index contributed by atoms with van der Waals surface area (Å²) < 4.78 is 10.8. The maximum atomic E-state index is 12.0. The number of hydrogen-bond acceptors (Lipinski definition) is 4. The normalized spacial score (nSPS) is 18.6. The van der Waals surface area contributed by atoms with Crippen LogP contribution in [0.4, 0.5) is 0 Å². The zero-order valence-corrected chi connectivity index (χ0v) is 11.9. The lowest BCUT2D eigenvalue weighted by atomic mass is 9.73. The molecule has 4 heteroatoms. The van der Waals surface area contributed by atoms with Crippen LogP contribution < -0.4 is 20.3 Å². The molecule has 4 rings (SSSR count). The molecule has 1 aliphatic carbocycles. The van der Waals surface area contributed by atoms with Gasteiger partial charge in [-0.05, 0) is 42.0 Å². The van der Waals surface area contributed by atoms with Gasteiger partial charge in [0.25, 0.3) is 0 Å². The van der Waals surface area contributed by atoms with Gasteiger partial charge in [-0.25, -0.2) is 0 Å². The molecule has 21 heavy (non-hydrogen) atoms. The van der Waals surface area contributed by atoms with Crippen molar-refractivity contribution >= 4 is 0 Å². The summed E-state index contributed by atoms with van der Waals surface area (Å²) in [6.45, 7) is 2.36. The molecule has 4 nitrogen and oxygen atoms in total. The molecular weight excluding hydrogens is 268 g/mol. The summed E-state index contributed by atoms with van der Waals surface area (Å²) in [4.78, 5) is 23.9. The molecule has 2 aliphatic rings. The first-order valence-corrected chi connectivity index (χ1v) is 7.46. The lowest BCUT2D eigenvalue weighted by Crippen LogP contribution is -2.41. The van der Waals surface area contributed by atoms with Crippen LogP contribution >= 0.6 is 0 Å². The quantitative estimate of drug-likeness (QED) is 0.813. The second-order valence-electron chi connectivity index (χ2n) is 5.85. The molecule has 0 saturated heterocycles. The fourth-order valence-corrected chi connectivity index (χ4v) is 3.52. The van der Waals surface area contributed by atoms with Crippen LogP contribution in [0.15, 0.2) is 21.7 Å². The van der Waals surface area contributed by atoms with Gasteiger partial charge < -0.3 is 9.47 Å². The van der Waals surface area contributed by atoms with E-state index in [0.29, 0.717) is 11.3 Å². The van der Waals surface area contributed by atoms with E-state index in [2.05, 4.69) is 6.92 Å². The minimum absolute atomic E-state index is 0.179. The third-order valence-corrected chi connectivity index (χ3v) is 4.60. The lowest BCUT2D eigenvalue weighted by molar-refractivity contribution is 0.174. The minimum Gasteiger partial charge on any atom is -0.454 e. The molecule has 1 unspecified atom stereocenters. The number of unbranched alkanes of at least 4 members (excludes halogenated alkanes) is 1. The third kappa shape index (κ3) is 1.68. The van der Waals surface area contributed by atoms with E-state index in [0.717, 1.165) is 48.1 Å². The number of rotatable bonds is 3. The molecule has 1 atom stereocenters. The number of fused-ring (bicyclic) bond motifs is 4. The molecule has 0 bridgehead atoms. The van der Waals surface area contributed by atoms with Crippen LogP contribution in [0.5, 0.6) is 11.5 Å². The van der Waals surface area contributed by atoms with Gasteiger partial charge in [0.2, 0.25) is 17.7 Å². The summed E-state index contributed by atoms with van der Waals surface area (Å²) in [5.74, 6) is 1.59. The monoisotopic (exact) mass is 284 g/mol. The Morgan fingerprint density at radius 2 is 1.90 bits per heavy atom. The molecule has 1 heterocycles. The van der Waals surface area contributed by atoms with Crippen molar-refractivity contribution in [3.05, 3.63) is 43.7 Å². The highest BCUT2D eigenvalue weighted by atomic mass is 16.7. The Kier molecular flexibility index (Phi) is 2.67. The predicted octanol–water partition coefficient (Wildman–Crippen LogP) is 2.51. The first-order valence-electron chi connectivity index (χ1n) is 7.46. The molecule has 1 aliphatic heterocycles. The molecule has 0 N–H and O–H groups in total. The fraction of sp³-hybridized carbons (Fsp3) is 0.412. The zero-order valence-electron chi connectivity index (χ0n) is 11.9. The average Bonchev–Trinajstić information content (AvgIpc) is 2.95. The van der Waals surface area contributed by atoms with E-state index in [1.807, 2.05) is 12.1 Å². The summed E-state index contributed by atoms with van der Waals surface area (Å²) in [5, 5.41) is 0. The first kappa shape index (κ1) is 12.6. The highest BCUT2D eigenvalue weighted by Gasteiger charge is 2.35. The topological polar surface area (TPSA) is 52.6 Å². The van der Waals surface area contributed by atoms with Crippen LogP contribution in [0.25, 0.3) is 11.1 Å². The third-order valence-electron chi connectivity index (χ3n) is 4.60. The second-order valence-corrected chi connectivity index (χ2v) is 5.85. The zero-order chi connectivity index (χ0) is 14.6. The molecule has 0 spiro atoms. The van der Waals surface area contributed by atoms with Crippen molar-refractivity contribution in [2.45, 2.75) is 38.5 Å². The van der Waals surface area contributed by atoms with Gasteiger partial charge in [-0.15, -0.1) is 0 Å². The Morgan fingerprint density at radius 3 is 2.67 bits per heavy atom.